The number of amidine groups is 1. The highest BCUT2D eigenvalue weighted by molar-refractivity contribution is 8.18. The summed E-state index contributed by atoms with van der Waals surface area (Å²) < 4.78 is 5.87. The van der Waals surface area contributed by atoms with Gasteiger partial charge in [0.25, 0.3) is 5.91 Å². The predicted molar refractivity (Wildman–Crippen MR) is 125 cm³/mol. The smallest absolute Gasteiger partial charge is 0.264 e. The predicted octanol–water partition coefficient (Wildman–Crippen LogP) is 6.83. The Balaban J connectivity index is 1.48. The van der Waals surface area contributed by atoms with Crippen molar-refractivity contribution in [2.24, 2.45) is 4.99 Å². The highest BCUT2D eigenvalue weighted by Gasteiger charge is 2.24. The Morgan fingerprint density at radius 1 is 1.10 bits per heavy atom. The molecule has 2 aromatic carbocycles. The number of halogens is 1. The first-order chi connectivity index (χ1) is 14.6. The molecule has 1 N–H and O–H groups in total. The van der Waals surface area contributed by atoms with E-state index in [1.807, 2.05) is 48.5 Å². The Labute approximate surface area is 185 Å². The molecule has 152 valence electrons. The summed E-state index contributed by atoms with van der Waals surface area (Å²) in [4.78, 5) is 17.4. The number of rotatable bonds is 6. The first kappa shape index (κ1) is 20.5. The molecule has 1 saturated heterocycles. The summed E-state index contributed by atoms with van der Waals surface area (Å²) in [6.07, 6.45) is 5.15. The zero-order valence-corrected chi connectivity index (χ0v) is 18.1. The molecule has 4 nitrogen and oxygen atoms in total. The molecular formula is C24H21ClN2O2S. The zero-order valence-electron chi connectivity index (χ0n) is 16.5. The lowest BCUT2D eigenvalue weighted by Crippen LogP contribution is -2.19. The van der Waals surface area contributed by atoms with Crippen LogP contribution in [0.1, 0.15) is 31.1 Å². The Morgan fingerprint density at radius 3 is 2.67 bits per heavy atom. The molecule has 0 unspecified atom stereocenters. The van der Waals surface area contributed by atoms with Crippen LogP contribution in [-0.2, 0) is 11.2 Å². The summed E-state index contributed by atoms with van der Waals surface area (Å²) in [5, 5.41) is 3.99. The lowest BCUT2D eigenvalue weighted by Gasteiger charge is -2.01. The fourth-order valence-electron chi connectivity index (χ4n) is 3.08. The number of amides is 1. The van der Waals surface area contributed by atoms with Gasteiger partial charge in [0.2, 0.25) is 0 Å². The maximum atomic E-state index is 12.3. The molecule has 0 aliphatic carbocycles. The molecule has 0 saturated carbocycles. The molecule has 1 aliphatic heterocycles. The Morgan fingerprint density at radius 2 is 1.90 bits per heavy atom. The van der Waals surface area contributed by atoms with Crippen molar-refractivity contribution >= 4 is 46.2 Å². The van der Waals surface area contributed by atoms with E-state index in [0.717, 1.165) is 17.7 Å². The molecule has 2 heterocycles. The average Bonchev–Trinajstić information content (AvgIpc) is 3.34. The fourth-order valence-corrected chi connectivity index (χ4v) is 4.13. The second-order valence-corrected chi connectivity index (χ2v) is 8.37. The van der Waals surface area contributed by atoms with Crippen LogP contribution < -0.4 is 5.32 Å². The number of nitrogens with one attached hydrogen (secondary N) is 1. The van der Waals surface area contributed by atoms with Gasteiger partial charge in [-0.3, -0.25) is 4.79 Å². The largest absolute Gasteiger partial charge is 0.457 e. The number of carbonyl (C=O) groups is 1. The van der Waals surface area contributed by atoms with Crippen molar-refractivity contribution in [1.82, 2.24) is 5.32 Å². The molecule has 30 heavy (non-hydrogen) atoms. The molecule has 3 aromatic rings. The Kier molecular flexibility index (Phi) is 6.41. The van der Waals surface area contributed by atoms with Gasteiger partial charge >= 0.3 is 0 Å². The SMILES string of the molecule is CCCCc1ccc(N=C2NC(=O)/C(=C\c3ccc(-c4ccccc4Cl)o3)S2)cc1. The molecule has 1 fully saturated rings. The third-order valence-corrected chi connectivity index (χ3v) is 5.92. The lowest BCUT2D eigenvalue weighted by molar-refractivity contribution is -0.115. The van der Waals surface area contributed by atoms with Crippen molar-refractivity contribution in [2.45, 2.75) is 26.2 Å². The topological polar surface area (TPSA) is 54.6 Å². The van der Waals surface area contributed by atoms with Gasteiger partial charge in [-0.25, -0.2) is 4.99 Å². The molecule has 4 rings (SSSR count). The van der Waals surface area contributed by atoms with Gasteiger partial charge in [-0.15, -0.1) is 0 Å². The Bertz CT molecular complexity index is 1120. The molecule has 1 aliphatic rings. The van der Waals surface area contributed by atoms with E-state index in [-0.39, 0.29) is 5.91 Å². The number of benzene rings is 2. The molecule has 1 aromatic heterocycles. The average molecular weight is 437 g/mol. The molecule has 0 atom stereocenters. The van der Waals surface area contributed by atoms with Gasteiger partial charge in [0.15, 0.2) is 5.17 Å². The van der Waals surface area contributed by atoms with Crippen LogP contribution in [0, 0.1) is 0 Å². The van der Waals surface area contributed by atoms with Crippen LogP contribution >= 0.6 is 23.4 Å². The standard InChI is InChI=1S/C24H21ClN2O2S/c1-2-3-6-16-9-11-17(12-10-16)26-24-27-23(28)22(30-24)15-18-13-14-21(29-18)19-7-4-5-8-20(19)25/h4-5,7-15H,2-3,6H2,1H3,(H,26,27,28)/b22-15+. The number of thioether (sulfide) groups is 1. The van der Waals surface area contributed by atoms with Crippen molar-refractivity contribution in [3.8, 4) is 11.3 Å². The van der Waals surface area contributed by atoms with E-state index in [9.17, 15) is 4.79 Å². The summed E-state index contributed by atoms with van der Waals surface area (Å²) in [5.74, 6) is 1.06. The summed E-state index contributed by atoms with van der Waals surface area (Å²) in [6, 6.07) is 19.3. The molecular weight excluding hydrogens is 416 g/mol. The summed E-state index contributed by atoms with van der Waals surface area (Å²) >= 11 is 7.53. The van der Waals surface area contributed by atoms with Gasteiger partial charge in [0, 0.05) is 11.6 Å². The first-order valence-corrected chi connectivity index (χ1v) is 11.0. The van der Waals surface area contributed by atoms with Crippen LogP contribution in [0.15, 0.2) is 75.0 Å². The first-order valence-electron chi connectivity index (χ1n) is 9.85. The van der Waals surface area contributed by atoms with E-state index in [1.165, 1.54) is 30.2 Å². The van der Waals surface area contributed by atoms with E-state index < -0.39 is 0 Å². The summed E-state index contributed by atoms with van der Waals surface area (Å²) in [6.45, 7) is 2.19. The van der Waals surface area contributed by atoms with Crippen molar-refractivity contribution in [3.05, 3.63) is 81.9 Å². The quantitative estimate of drug-likeness (QED) is 0.430. The van der Waals surface area contributed by atoms with Crippen LogP contribution in [-0.4, -0.2) is 11.1 Å². The third kappa shape index (κ3) is 4.86. The monoisotopic (exact) mass is 436 g/mol. The van der Waals surface area contributed by atoms with Gasteiger partial charge in [-0.2, -0.15) is 0 Å². The highest BCUT2D eigenvalue weighted by Crippen LogP contribution is 2.32. The number of aliphatic imine (C=N–C) groups is 1. The number of aryl methyl sites for hydroxylation is 1. The van der Waals surface area contributed by atoms with Crippen molar-refractivity contribution in [1.29, 1.82) is 0 Å². The molecule has 6 heteroatoms. The summed E-state index contributed by atoms with van der Waals surface area (Å²) in [5.41, 5.74) is 2.94. The number of hydrogen-bond donors (Lipinski definition) is 1. The third-order valence-electron chi connectivity index (χ3n) is 4.68. The van der Waals surface area contributed by atoms with E-state index in [1.54, 1.807) is 6.08 Å². The second-order valence-electron chi connectivity index (χ2n) is 6.93. The van der Waals surface area contributed by atoms with E-state index in [2.05, 4.69) is 29.4 Å². The Hall–Kier alpha value is -2.76. The van der Waals surface area contributed by atoms with Gasteiger partial charge in [0.05, 0.1) is 15.6 Å². The highest BCUT2D eigenvalue weighted by atomic mass is 35.5. The molecule has 0 spiro atoms. The number of nitrogens with zero attached hydrogens (tertiary/aromatic N) is 1. The van der Waals surface area contributed by atoms with Crippen LogP contribution in [0.4, 0.5) is 5.69 Å². The van der Waals surface area contributed by atoms with Crippen LogP contribution in [0.25, 0.3) is 17.4 Å². The number of unbranched alkanes of at least 4 members (excludes halogenated alkanes) is 1. The van der Waals surface area contributed by atoms with Crippen molar-refractivity contribution in [3.63, 3.8) is 0 Å². The van der Waals surface area contributed by atoms with Crippen LogP contribution in [0.3, 0.4) is 0 Å². The minimum absolute atomic E-state index is 0.186. The van der Waals surface area contributed by atoms with Crippen LogP contribution in [0.2, 0.25) is 5.02 Å². The fraction of sp³-hybridized carbons (Fsp3) is 0.167. The van der Waals surface area contributed by atoms with Crippen molar-refractivity contribution < 1.29 is 9.21 Å². The van der Waals surface area contributed by atoms with Gasteiger partial charge < -0.3 is 9.73 Å². The second kappa shape index (κ2) is 9.37. The van der Waals surface area contributed by atoms with Crippen molar-refractivity contribution in [2.75, 3.05) is 0 Å². The number of furan rings is 1. The number of carbonyl (C=O) groups excluding carboxylic acids is 1. The van der Waals surface area contributed by atoms with E-state index >= 15 is 0 Å². The maximum Gasteiger partial charge on any atom is 0.264 e. The van der Waals surface area contributed by atoms with E-state index in [0.29, 0.717) is 26.6 Å². The minimum Gasteiger partial charge on any atom is -0.457 e. The van der Waals surface area contributed by atoms with Crippen LogP contribution in [0.5, 0.6) is 0 Å². The zero-order chi connectivity index (χ0) is 20.9. The lowest BCUT2D eigenvalue weighted by atomic mass is 10.1. The van der Waals surface area contributed by atoms with Gasteiger partial charge in [-0.1, -0.05) is 49.2 Å². The normalized spacial score (nSPS) is 16.4. The molecule has 0 radical (unpaired) electrons. The molecule has 1 amide bonds. The number of hydrogen-bond acceptors (Lipinski definition) is 4. The minimum atomic E-state index is -0.186. The van der Waals surface area contributed by atoms with E-state index in [4.69, 9.17) is 16.0 Å². The van der Waals surface area contributed by atoms with Gasteiger partial charge in [-0.05, 0) is 66.6 Å². The van der Waals surface area contributed by atoms with Gasteiger partial charge in [0.1, 0.15) is 11.5 Å². The molecule has 0 bridgehead atoms. The summed E-state index contributed by atoms with van der Waals surface area (Å²) in [7, 11) is 0. The maximum absolute atomic E-state index is 12.3.